The number of amides is 2. The minimum absolute atomic E-state index is 0.153. The average molecular weight is 268 g/mol. The van der Waals surface area contributed by atoms with Crippen LogP contribution in [0.2, 0.25) is 0 Å². The SMILES string of the molecule is CC1CN(C2CCN(C(=O)N(C)C)CC2)CC(C)N1. The third-order valence-electron chi connectivity index (χ3n) is 4.22. The molecule has 0 spiro atoms. The van der Waals surface area contributed by atoms with Gasteiger partial charge in [0, 0.05) is 58.4 Å². The van der Waals surface area contributed by atoms with Crippen LogP contribution in [0.3, 0.4) is 0 Å². The number of nitrogens with one attached hydrogen (secondary N) is 1. The van der Waals surface area contributed by atoms with Crippen molar-refractivity contribution in [3.05, 3.63) is 0 Å². The van der Waals surface area contributed by atoms with E-state index in [1.807, 2.05) is 19.0 Å². The minimum atomic E-state index is 0.153. The molecule has 2 heterocycles. The number of carbonyl (C=O) groups excluding carboxylic acids is 1. The smallest absolute Gasteiger partial charge is 0.319 e. The van der Waals surface area contributed by atoms with Crippen LogP contribution in [-0.2, 0) is 0 Å². The fourth-order valence-electron chi connectivity index (χ4n) is 3.37. The second-order valence-corrected chi connectivity index (χ2v) is 6.32. The van der Waals surface area contributed by atoms with E-state index < -0.39 is 0 Å². The predicted molar refractivity (Wildman–Crippen MR) is 77.3 cm³/mol. The van der Waals surface area contributed by atoms with Crippen LogP contribution in [0.15, 0.2) is 0 Å². The van der Waals surface area contributed by atoms with Crippen LogP contribution in [0.4, 0.5) is 4.79 Å². The van der Waals surface area contributed by atoms with E-state index in [0.29, 0.717) is 18.1 Å². The van der Waals surface area contributed by atoms with Gasteiger partial charge in [0.05, 0.1) is 0 Å². The summed E-state index contributed by atoms with van der Waals surface area (Å²) < 4.78 is 0. The van der Waals surface area contributed by atoms with E-state index >= 15 is 0 Å². The Balaban J connectivity index is 1.84. The average Bonchev–Trinajstić information content (AvgIpc) is 2.37. The Morgan fingerprint density at radius 2 is 1.63 bits per heavy atom. The molecule has 2 unspecified atom stereocenters. The first-order valence-electron chi connectivity index (χ1n) is 7.43. The fourth-order valence-corrected chi connectivity index (χ4v) is 3.37. The summed E-state index contributed by atoms with van der Waals surface area (Å²) in [7, 11) is 3.65. The topological polar surface area (TPSA) is 38.8 Å². The first-order chi connectivity index (χ1) is 8.97. The van der Waals surface area contributed by atoms with Crippen molar-refractivity contribution >= 4 is 6.03 Å². The molecule has 0 bridgehead atoms. The Bertz CT molecular complexity index is 303. The molecule has 2 amide bonds. The van der Waals surface area contributed by atoms with Crippen molar-refractivity contribution in [2.75, 3.05) is 40.3 Å². The number of likely N-dealkylation sites (tertiary alicyclic amines) is 1. The monoisotopic (exact) mass is 268 g/mol. The summed E-state index contributed by atoms with van der Waals surface area (Å²) in [6.45, 7) is 8.58. The molecule has 0 saturated carbocycles. The quantitative estimate of drug-likeness (QED) is 0.765. The fraction of sp³-hybridized carbons (Fsp3) is 0.929. The number of urea groups is 1. The molecule has 0 aromatic heterocycles. The highest BCUT2D eigenvalue weighted by Crippen LogP contribution is 2.19. The van der Waals surface area contributed by atoms with E-state index in [9.17, 15) is 4.79 Å². The van der Waals surface area contributed by atoms with Gasteiger partial charge in [-0.2, -0.15) is 0 Å². The number of nitrogens with zero attached hydrogens (tertiary/aromatic N) is 3. The van der Waals surface area contributed by atoms with Crippen molar-refractivity contribution in [3.8, 4) is 0 Å². The Labute approximate surface area is 116 Å². The lowest BCUT2D eigenvalue weighted by Crippen LogP contribution is -2.59. The Morgan fingerprint density at radius 1 is 1.11 bits per heavy atom. The van der Waals surface area contributed by atoms with Gasteiger partial charge in [0.15, 0.2) is 0 Å². The summed E-state index contributed by atoms with van der Waals surface area (Å²) in [4.78, 5) is 18.2. The Morgan fingerprint density at radius 3 is 2.11 bits per heavy atom. The molecular formula is C14H28N4O. The number of hydrogen-bond donors (Lipinski definition) is 1. The molecule has 0 radical (unpaired) electrons. The number of rotatable bonds is 1. The maximum Gasteiger partial charge on any atom is 0.319 e. The van der Waals surface area contributed by atoms with E-state index in [1.54, 1.807) is 4.90 Å². The van der Waals surface area contributed by atoms with E-state index in [0.717, 1.165) is 39.0 Å². The first-order valence-corrected chi connectivity index (χ1v) is 7.43. The van der Waals surface area contributed by atoms with Crippen LogP contribution >= 0.6 is 0 Å². The third kappa shape index (κ3) is 3.60. The summed E-state index contributed by atoms with van der Waals surface area (Å²) in [5, 5.41) is 3.58. The Hall–Kier alpha value is -0.810. The van der Waals surface area contributed by atoms with Gasteiger partial charge in [-0.3, -0.25) is 4.90 Å². The molecule has 0 aromatic carbocycles. The molecule has 2 rings (SSSR count). The molecule has 2 fully saturated rings. The zero-order valence-electron chi connectivity index (χ0n) is 12.7. The van der Waals surface area contributed by atoms with Gasteiger partial charge in [-0.15, -0.1) is 0 Å². The summed E-state index contributed by atoms with van der Waals surface area (Å²) in [5.41, 5.74) is 0. The summed E-state index contributed by atoms with van der Waals surface area (Å²) in [6.07, 6.45) is 2.22. The first kappa shape index (κ1) is 14.6. The highest BCUT2D eigenvalue weighted by Gasteiger charge is 2.31. The lowest BCUT2D eigenvalue weighted by atomic mass is 10.00. The second-order valence-electron chi connectivity index (χ2n) is 6.32. The summed E-state index contributed by atoms with van der Waals surface area (Å²) in [6, 6.07) is 1.95. The molecule has 2 atom stereocenters. The number of carbonyl (C=O) groups is 1. The van der Waals surface area contributed by atoms with Crippen molar-refractivity contribution < 1.29 is 4.79 Å². The summed E-state index contributed by atoms with van der Waals surface area (Å²) in [5.74, 6) is 0. The molecule has 5 heteroatoms. The van der Waals surface area contributed by atoms with Crippen LogP contribution < -0.4 is 5.32 Å². The molecule has 5 nitrogen and oxygen atoms in total. The van der Waals surface area contributed by atoms with E-state index in [2.05, 4.69) is 24.1 Å². The van der Waals surface area contributed by atoms with Crippen LogP contribution in [0, 0.1) is 0 Å². The molecule has 1 N–H and O–H groups in total. The number of piperazine rings is 1. The van der Waals surface area contributed by atoms with Gasteiger partial charge < -0.3 is 15.1 Å². The number of hydrogen-bond acceptors (Lipinski definition) is 3. The largest absolute Gasteiger partial charge is 0.331 e. The Kier molecular flexibility index (Phi) is 4.68. The lowest BCUT2D eigenvalue weighted by molar-refractivity contribution is 0.0751. The second kappa shape index (κ2) is 6.09. The molecule has 2 aliphatic rings. The maximum absolute atomic E-state index is 11.9. The molecular weight excluding hydrogens is 240 g/mol. The lowest BCUT2D eigenvalue weighted by Gasteiger charge is -2.44. The van der Waals surface area contributed by atoms with Crippen molar-refractivity contribution in [2.45, 2.75) is 44.8 Å². The van der Waals surface area contributed by atoms with Crippen molar-refractivity contribution in [3.63, 3.8) is 0 Å². The molecule has 0 aliphatic carbocycles. The standard InChI is InChI=1S/C14H28N4O/c1-11-9-18(10-12(2)15-11)13-5-7-17(8-6-13)14(19)16(3)4/h11-13,15H,5-10H2,1-4H3. The van der Waals surface area contributed by atoms with Gasteiger partial charge >= 0.3 is 6.03 Å². The van der Waals surface area contributed by atoms with Crippen LogP contribution in [0.5, 0.6) is 0 Å². The van der Waals surface area contributed by atoms with Gasteiger partial charge in [0.1, 0.15) is 0 Å². The van der Waals surface area contributed by atoms with Gasteiger partial charge in [-0.05, 0) is 26.7 Å². The van der Waals surface area contributed by atoms with E-state index in [-0.39, 0.29) is 6.03 Å². The van der Waals surface area contributed by atoms with Gasteiger partial charge in [-0.25, -0.2) is 4.79 Å². The van der Waals surface area contributed by atoms with E-state index in [4.69, 9.17) is 0 Å². The predicted octanol–water partition coefficient (Wildman–Crippen LogP) is 0.815. The molecule has 2 aliphatic heterocycles. The van der Waals surface area contributed by atoms with Gasteiger partial charge in [-0.1, -0.05) is 0 Å². The van der Waals surface area contributed by atoms with Crippen molar-refractivity contribution in [1.82, 2.24) is 20.0 Å². The number of piperidine rings is 1. The van der Waals surface area contributed by atoms with Gasteiger partial charge in [0.2, 0.25) is 0 Å². The van der Waals surface area contributed by atoms with Crippen LogP contribution in [0.25, 0.3) is 0 Å². The van der Waals surface area contributed by atoms with E-state index in [1.165, 1.54) is 0 Å². The van der Waals surface area contributed by atoms with Crippen molar-refractivity contribution in [2.24, 2.45) is 0 Å². The highest BCUT2D eigenvalue weighted by atomic mass is 16.2. The normalized spacial score (nSPS) is 30.4. The van der Waals surface area contributed by atoms with Crippen molar-refractivity contribution in [1.29, 1.82) is 0 Å². The minimum Gasteiger partial charge on any atom is -0.331 e. The third-order valence-corrected chi connectivity index (χ3v) is 4.22. The molecule has 110 valence electrons. The molecule has 19 heavy (non-hydrogen) atoms. The zero-order valence-corrected chi connectivity index (χ0v) is 12.7. The van der Waals surface area contributed by atoms with Gasteiger partial charge in [0.25, 0.3) is 0 Å². The summed E-state index contributed by atoms with van der Waals surface area (Å²) >= 11 is 0. The highest BCUT2D eigenvalue weighted by molar-refractivity contribution is 5.73. The van der Waals surface area contributed by atoms with Crippen LogP contribution in [0.1, 0.15) is 26.7 Å². The zero-order chi connectivity index (χ0) is 14.0. The maximum atomic E-state index is 11.9. The molecule has 0 aromatic rings. The molecule has 2 saturated heterocycles. The van der Waals surface area contributed by atoms with Crippen LogP contribution in [-0.4, -0.2) is 79.1 Å².